The zero-order valence-corrected chi connectivity index (χ0v) is 14.0. The molecule has 4 heteroatoms. The number of fused-ring (bicyclic) bond motifs is 3. The number of ether oxygens (including phenoxy) is 2. The summed E-state index contributed by atoms with van der Waals surface area (Å²) in [7, 11) is 0. The molecule has 24 heavy (non-hydrogen) atoms. The van der Waals surface area contributed by atoms with Gasteiger partial charge in [0.15, 0.2) is 0 Å². The maximum absolute atomic E-state index is 13.3. The number of benzene rings is 2. The van der Waals surface area contributed by atoms with Gasteiger partial charge in [0.05, 0.1) is 18.8 Å². The van der Waals surface area contributed by atoms with Gasteiger partial charge in [-0.05, 0) is 36.6 Å². The Morgan fingerprint density at radius 1 is 1.21 bits per heavy atom. The minimum Gasteiger partial charge on any atom is -0.374 e. The monoisotopic (exact) mass is 325 g/mol. The topological polar surface area (TPSA) is 38.8 Å². The highest BCUT2D eigenvalue weighted by atomic mass is 16.5. The molecule has 4 nitrogen and oxygen atoms in total. The van der Waals surface area contributed by atoms with Gasteiger partial charge in [-0.1, -0.05) is 36.4 Å². The standard InChI is InChI=1S/C20H23NO3/c1-2-23-19-17-10-11-18(19)24-13-12-21(17)20(22)16-9-5-7-14-6-3-4-8-15(14)16/h3-9,17-19H,2,10-13H2,1H3/t17-,18-,19-/m1/s1. The predicted octanol–water partition coefficient (Wildman–Crippen LogP) is 3.25. The zero-order valence-electron chi connectivity index (χ0n) is 14.0. The summed E-state index contributed by atoms with van der Waals surface area (Å²) in [6, 6.07) is 14.1. The molecule has 0 N–H and O–H groups in total. The largest absolute Gasteiger partial charge is 0.374 e. The molecule has 126 valence electrons. The highest BCUT2D eigenvalue weighted by molar-refractivity contribution is 6.07. The molecule has 1 aliphatic carbocycles. The number of hydrogen-bond donors (Lipinski definition) is 0. The van der Waals surface area contributed by atoms with Crippen LogP contribution in [0.25, 0.3) is 10.8 Å². The van der Waals surface area contributed by atoms with Crippen molar-refractivity contribution < 1.29 is 14.3 Å². The van der Waals surface area contributed by atoms with E-state index in [9.17, 15) is 4.79 Å². The van der Waals surface area contributed by atoms with E-state index >= 15 is 0 Å². The van der Waals surface area contributed by atoms with E-state index in [4.69, 9.17) is 9.47 Å². The van der Waals surface area contributed by atoms with Crippen molar-refractivity contribution in [3.8, 4) is 0 Å². The molecule has 2 fully saturated rings. The second kappa shape index (κ2) is 6.54. The molecule has 1 heterocycles. The number of carbonyl (C=O) groups excluding carboxylic acids is 1. The van der Waals surface area contributed by atoms with Crippen LogP contribution in [0.2, 0.25) is 0 Å². The first kappa shape index (κ1) is 15.6. The van der Waals surface area contributed by atoms with Crippen molar-refractivity contribution in [2.45, 2.75) is 38.0 Å². The summed E-state index contributed by atoms with van der Waals surface area (Å²) >= 11 is 0. The van der Waals surface area contributed by atoms with Crippen LogP contribution in [0, 0.1) is 0 Å². The van der Waals surface area contributed by atoms with Gasteiger partial charge in [0.1, 0.15) is 6.10 Å². The number of hydrogen-bond acceptors (Lipinski definition) is 3. The van der Waals surface area contributed by atoms with Gasteiger partial charge in [-0.3, -0.25) is 4.79 Å². The van der Waals surface area contributed by atoms with E-state index in [0.29, 0.717) is 19.8 Å². The smallest absolute Gasteiger partial charge is 0.254 e. The van der Waals surface area contributed by atoms with Gasteiger partial charge >= 0.3 is 0 Å². The van der Waals surface area contributed by atoms with E-state index in [-0.39, 0.29) is 24.2 Å². The maximum atomic E-state index is 13.3. The van der Waals surface area contributed by atoms with Crippen molar-refractivity contribution in [1.82, 2.24) is 4.90 Å². The van der Waals surface area contributed by atoms with Crippen LogP contribution in [0.15, 0.2) is 42.5 Å². The minimum atomic E-state index is -0.00331. The highest BCUT2D eigenvalue weighted by Crippen LogP contribution is 2.33. The predicted molar refractivity (Wildman–Crippen MR) is 93.2 cm³/mol. The molecule has 1 aliphatic heterocycles. The minimum absolute atomic E-state index is 0.00331. The van der Waals surface area contributed by atoms with Gasteiger partial charge in [0.25, 0.3) is 5.91 Å². The fourth-order valence-electron chi connectivity index (χ4n) is 4.12. The molecule has 0 unspecified atom stereocenters. The maximum Gasteiger partial charge on any atom is 0.254 e. The van der Waals surface area contributed by atoms with E-state index in [0.717, 1.165) is 29.2 Å². The van der Waals surface area contributed by atoms with Crippen LogP contribution >= 0.6 is 0 Å². The lowest BCUT2D eigenvalue weighted by Crippen LogP contribution is -2.46. The molecule has 3 atom stereocenters. The SMILES string of the molecule is CCO[C@@H]1[C@H]2CC[C@H]1OCCN2C(=O)c1cccc2ccccc12. The van der Waals surface area contributed by atoms with Crippen molar-refractivity contribution in [1.29, 1.82) is 0 Å². The number of carbonyl (C=O) groups is 1. The molecule has 1 saturated carbocycles. The van der Waals surface area contributed by atoms with Gasteiger partial charge in [-0.2, -0.15) is 0 Å². The van der Waals surface area contributed by atoms with Crippen molar-refractivity contribution in [3.05, 3.63) is 48.0 Å². The highest BCUT2D eigenvalue weighted by Gasteiger charge is 2.44. The van der Waals surface area contributed by atoms with Crippen molar-refractivity contribution in [2.75, 3.05) is 19.8 Å². The van der Waals surface area contributed by atoms with E-state index in [2.05, 4.69) is 0 Å². The molecule has 4 rings (SSSR count). The lowest BCUT2D eigenvalue weighted by molar-refractivity contribution is -0.0484. The quantitative estimate of drug-likeness (QED) is 0.869. The van der Waals surface area contributed by atoms with E-state index < -0.39 is 0 Å². The lowest BCUT2D eigenvalue weighted by atomic mass is 10.0. The summed E-state index contributed by atoms with van der Waals surface area (Å²) in [6.07, 6.45) is 2.04. The van der Waals surface area contributed by atoms with Crippen molar-refractivity contribution in [2.24, 2.45) is 0 Å². The average molecular weight is 325 g/mol. The normalized spacial score (nSPS) is 26.5. The molecule has 0 spiro atoms. The first-order valence-electron chi connectivity index (χ1n) is 8.81. The Balaban J connectivity index is 1.70. The van der Waals surface area contributed by atoms with E-state index in [1.807, 2.05) is 54.3 Å². The Bertz CT molecular complexity index is 739. The van der Waals surface area contributed by atoms with Gasteiger partial charge in [0.2, 0.25) is 0 Å². The Kier molecular flexibility index (Phi) is 4.25. The Morgan fingerprint density at radius 2 is 2.04 bits per heavy atom. The second-order valence-corrected chi connectivity index (χ2v) is 6.50. The van der Waals surface area contributed by atoms with E-state index in [1.165, 1.54) is 0 Å². The van der Waals surface area contributed by atoms with Crippen LogP contribution in [-0.4, -0.2) is 48.8 Å². The molecule has 2 bridgehead atoms. The average Bonchev–Trinajstić information content (AvgIpc) is 2.90. The second-order valence-electron chi connectivity index (χ2n) is 6.50. The molecule has 0 radical (unpaired) electrons. The van der Waals surface area contributed by atoms with Crippen LogP contribution in [0.1, 0.15) is 30.1 Å². The summed E-state index contributed by atoms with van der Waals surface area (Å²) < 4.78 is 11.9. The van der Waals surface area contributed by atoms with Gasteiger partial charge < -0.3 is 14.4 Å². The first-order valence-corrected chi connectivity index (χ1v) is 8.81. The third-order valence-electron chi connectivity index (χ3n) is 5.20. The Hall–Kier alpha value is -1.91. The summed E-state index contributed by atoms with van der Waals surface area (Å²) in [5.74, 6) is 0.0904. The van der Waals surface area contributed by atoms with Crippen LogP contribution < -0.4 is 0 Å². The number of rotatable bonds is 3. The van der Waals surface area contributed by atoms with Gasteiger partial charge in [-0.15, -0.1) is 0 Å². The van der Waals surface area contributed by atoms with E-state index in [1.54, 1.807) is 0 Å². The zero-order chi connectivity index (χ0) is 16.5. The number of nitrogens with zero attached hydrogens (tertiary/aromatic N) is 1. The van der Waals surface area contributed by atoms with Crippen LogP contribution in [0.5, 0.6) is 0 Å². The summed E-state index contributed by atoms with van der Waals surface area (Å²) in [5.41, 5.74) is 0.772. The van der Waals surface area contributed by atoms with Crippen LogP contribution in [-0.2, 0) is 9.47 Å². The molecular formula is C20H23NO3. The van der Waals surface area contributed by atoms with Crippen molar-refractivity contribution >= 4 is 16.7 Å². The summed E-state index contributed by atoms with van der Waals surface area (Å²) in [4.78, 5) is 15.3. The molecule has 1 saturated heterocycles. The third kappa shape index (κ3) is 2.60. The molecule has 0 aromatic heterocycles. The number of amides is 1. The Labute approximate surface area is 142 Å². The fraction of sp³-hybridized carbons (Fsp3) is 0.450. The van der Waals surface area contributed by atoms with Crippen LogP contribution in [0.4, 0.5) is 0 Å². The van der Waals surface area contributed by atoms with Crippen LogP contribution in [0.3, 0.4) is 0 Å². The summed E-state index contributed by atoms with van der Waals surface area (Å²) in [5, 5.41) is 2.11. The van der Waals surface area contributed by atoms with Crippen molar-refractivity contribution in [3.63, 3.8) is 0 Å². The molecular weight excluding hydrogens is 302 g/mol. The fourth-order valence-corrected chi connectivity index (χ4v) is 4.12. The summed E-state index contributed by atoms with van der Waals surface area (Å²) in [6.45, 7) is 3.87. The van der Waals surface area contributed by atoms with Gasteiger partial charge in [-0.25, -0.2) is 0 Å². The molecule has 2 aromatic carbocycles. The lowest BCUT2D eigenvalue weighted by Gasteiger charge is -2.31. The molecule has 1 amide bonds. The third-order valence-corrected chi connectivity index (χ3v) is 5.20. The van der Waals surface area contributed by atoms with Gasteiger partial charge in [0, 0.05) is 18.7 Å². The molecule has 2 aliphatic rings. The Morgan fingerprint density at radius 3 is 2.92 bits per heavy atom. The molecule has 2 aromatic rings. The first-order chi connectivity index (χ1) is 11.8.